The molecule has 1 aromatic carbocycles. The third-order valence-electron chi connectivity index (χ3n) is 8.52. The predicted molar refractivity (Wildman–Crippen MR) is 136 cm³/mol. The first-order chi connectivity index (χ1) is 17.2. The highest BCUT2D eigenvalue weighted by atomic mass is 16.6. The molecular weight excluding hydrogens is 460 g/mol. The van der Waals surface area contributed by atoms with Crippen LogP contribution in [0.2, 0.25) is 0 Å². The van der Waals surface area contributed by atoms with Crippen molar-refractivity contribution in [1.29, 1.82) is 0 Å². The minimum Gasteiger partial charge on any atom is -0.448 e. The standard InChI is InChI=1S/C27H40N4O5/c1-18(2)19-4-6-21(7-5-19)30-12-10-27(11-13-30)23-9-8-22(36-25(28)33)16-20(23)17-31(24(27)32)14-15-35-26(34)29-3/h8-9,16,18-19,21H,4-7,10-15,17H2,1-3H3,(H2,28,33)(H,29,34). The van der Waals surface area contributed by atoms with Crippen molar-refractivity contribution < 1.29 is 23.9 Å². The maximum absolute atomic E-state index is 13.9. The Bertz CT molecular complexity index is 965. The number of carbonyl (C=O) groups excluding carboxylic acids is 3. The summed E-state index contributed by atoms with van der Waals surface area (Å²) in [6.07, 6.45) is 5.13. The molecule has 9 nitrogen and oxygen atoms in total. The van der Waals surface area contributed by atoms with Crippen LogP contribution in [-0.2, 0) is 21.5 Å². The summed E-state index contributed by atoms with van der Waals surface area (Å²) >= 11 is 0. The molecule has 2 aliphatic heterocycles. The minimum atomic E-state index is -0.868. The van der Waals surface area contributed by atoms with Gasteiger partial charge in [-0.1, -0.05) is 19.9 Å². The highest BCUT2D eigenvalue weighted by molar-refractivity contribution is 5.90. The molecule has 2 heterocycles. The highest BCUT2D eigenvalue weighted by Gasteiger charge is 2.49. The third kappa shape index (κ3) is 5.45. The van der Waals surface area contributed by atoms with Gasteiger partial charge in [-0.25, -0.2) is 9.59 Å². The van der Waals surface area contributed by atoms with Gasteiger partial charge in [0.25, 0.3) is 0 Å². The number of amides is 3. The second-order valence-electron chi connectivity index (χ2n) is 10.8. The zero-order valence-electron chi connectivity index (χ0n) is 21.8. The van der Waals surface area contributed by atoms with Crippen LogP contribution in [0.25, 0.3) is 0 Å². The largest absolute Gasteiger partial charge is 0.448 e. The van der Waals surface area contributed by atoms with Crippen LogP contribution in [0.5, 0.6) is 5.75 Å². The van der Waals surface area contributed by atoms with E-state index >= 15 is 0 Å². The highest BCUT2D eigenvalue weighted by Crippen LogP contribution is 2.45. The van der Waals surface area contributed by atoms with Gasteiger partial charge in [-0.3, -0.25) is 4.79 Å². The summed E-state index contributed by atoms with van der Waals surface area (Å²) in [5, 5.41) is 2.43. The van der Waals surface area contributed by atoms with Crippen molar-refractivity contribution in [1.82, 2.24) is 15.1 Å². The fraction of sp³-hybridized carbons (Fsp3) is 0.667. The molecule has 0 bridgehead atoms. The Labute approximate surface area is 213 Å². The molecule has 3 aliphatic rings. The van der Waals surface area contributed by atoms with E-state index in [0.717, 1.165) is 48.9 Å². The number of nitrogens with one attached hydrogen (secondary N) is 1. The first-order valence-electron chi connectivity index (χ1n) is 13.2. The van der Waals surface area contributed by atoms with E-state index < -0.39 is 17.6 Å². The number of nitrogens with two attached hydrogens (primary N) is 1. The molecule has 1 saturated carbocycles. The number of piperidine rings is 1. The smallest absolute Gasteiger partial charge is 0.409 e. The first-order valence-corrected chi connectivity index (χ1v) is 13.2. The molecular formula is C27H40N4O5. The summed E-state index contributed by atoms with van der Waals surface area (Å²) in [5.41, 5.74) is 6.55. The van der Waals surface area contributed by atoms with E-state index in [1.807, 2.05) is 6.07 Å². The van der Waals surface area contributed by atoms with Gasteiger partial charge >= 0.3 is 12.2 Å². The summed E-state index contributed by atoms with van der Waals surface area (Å²) in [6, 6.07) is 6.05. The molecule has 3 N–H and O–H groups in total. The van der Waals surface area contributed by atoms with E-state index in [1.54, 1.807) is 17.0 Å². The molecule has 0 unspecified atom stereocenters. The Hall–Kier alpha value is -2.81. The number of likely N-dealkylation sites (tertiary alicyclic amines) is 1. The van der Waals surface area contributed by atoms with Crippen LogP contribution < -0.4 is 15.8 Å². The van der Waals surface area contributed by atoms with Gasteiger partial charge < -0.3 is 30.3 Å². The van der Waals surface area contributed by atoms with E-state index in [4.69, 9.17) is 15.2 Å². The van der Waals surface area contributed by atoms with Gasteiger partial charge in [0.05, 0.1) is 12.0 Å². The molecule has 1 aliphatic carbocycles. The molecule has 36 heavy (non-hydrogen) atoms. The fourth-order valence-electron chi connectivity index (χ4n) is 6.43. The summed E-state index contributed by atoms with van der Waals surface area (Å²) in [5.74, 6) is 2.02. The van der Waals surface area contributed by atoms with Gasteiger partial charge in [0, 0.05) is 19.6 Å². The van der Waals surface area contributed by atoms with Gasteiger partial charge in [0.15, 0.2) is 0 Å². The van der Waals surface area contributed by atoms with Crippen molar-refractivity contribution in [2.75, 3.05) is 33.3 Å². The van der Waals surface area contributed by atoms with Crippen LogP contribution >= 0.6 is 0 Å². The summed E-state index contributed by atoms with van der Waals surface area (Å²) in [7, 11) is 1.50. The van der Waals surface area contributed by atoms with E-state index in [-0.39, 0.29) is 12.5 Å². The molecule has 1 spiro atoms. The average molecular weight is 501 g/mol. The van der Waals surface area contributed by atoms with Crippen LogP contribution in [0.3, 0.4) is 0 Å². The molecule has 1 aromatic rings. The number of nitrogens with zero attached hydrogens (tertiary/aromatic N) is 2. The lowest BCUT2D eigenvalue weighted by molar-refractivity contribution is -0.142. The van der Waals surface area contributed by atoms with E-state index in [0.29, 0.717) is 24.9 Å². The normalized spacial score (nSPS) is 23.9. The van der Waals surface area contributed by atoms with Gasteiger partial charge in [0.1, 0.15) is 12.4 Å². The molecule has 0 aromatic heterocycles. The topological polar surface area (TPSA) is 114 Å². The number of benzene rings is 1. The molecule has 0 atom stereocenters. The number of alkyl carbamates (subject to hydrolysis) is 1. The van der Waals surface area contributed by atoms with E-state index in [1.165, 1.54) is 32.7 Å². The molecule has 198 valence electrons. The molecule has 3 amide bonds. The third-order valence-corrected chi connectivity index (χ3v) is 8.52. The maximum atomic E-state index is 13.9. The first kappa shape index (κ1) is 26.3. The van der Waals surface area contributed by atoms with Crippen molar-refractivity contribution in [3.05, 3.63) is 29.3 Å². The van der Waals surface area contributed by atoms with Crippen molar-refractivity contribution >= 4 is 18.1 Å². The molecule has 4 rings (SSSR count). The van der Waals surface area contributed by atoms with Crippen LogP contribution in [0.1, 0.15) is 63.5 Å². The summed E-state index contributed by atoms with van der Waals surface area (Å²) in [6.45, 7) is 7.19. The van der Waals surface area contributed by atoms with Gasteiger partial charge in [0.2, 0.25) is 5.91 Å². The summed E-state index contributed by atoms with van der Waals surface area (Å²) in [4.78, 5) is 41.1. The van der Waals surface area contributed by atoms with Gasteiger partial charge in [-0.05, 0) is 86.7 Å². The Morgan fingerprint density at radius 3 is 2.47 bits per heavy atom. The van der Waals surface area contributed by atoms with Crippen LogP contribution in [0.4, 0.5) is 9.59 Å². The Morgan fingerprint density at radius 2 is 1.86 bits per heavy atom. The van der Waals surface area contributed by atoms with E-state index in [9.17, 15) is 14.4 Å². The van der Waals surface area contributed by atoms with Crippen molar-refractivity contribution in [3.8, 4) is 5.75 Å². The predicted octanol–water partition coefficient (Wildman–Crippen LogP) is 3.39. The van der Waals surface area contributed by atoms with Crippen LogP contribution in [0.15, 0.2) is 18.2 Å². The maximum Gasteiger partial charge on any atom is 0.409 e. The number of rotatable bonds is 6. The molecule has 0 radical (unpaired) electrons. The molecule has 1 saturated heterocycles. The molecule has 9 heteroatoms. The van der Waals surface area contributed by atoms with Crippen LogP contribution in [0, 0.1) is 11.8 Å². The van der Waals surface area contributed by atoms with Gasteiger partial charge in [-0.2, -0.15) is 0 Å². The second-order valence-corrected chi connectivity index (χ2v) is 10.8. The number of carbonyl (C=O) groups is 3. The minimum absolute atomic E-state index is 0.0854. The van der Waals surface area contributed by atoms with Crippen molar-refractivity contribution in [2.45, 2.75) is 70.4 Å². The average Bonchev–Trinajstić information content (AvgIpc) is 2.87. The number of hydrogen-bond donors (Lipinski definition) is 2. The quantitative estimate of drug-likeness (QED) is 0.619. The van der Waals surface area contributed by atoms with Crippen LogP contribution in [-0.4, -0.2) is 67.2 Å². The lowest BCUT2D eigenvalue weighted by atomic mass is 9.67. The second kappa shape index (κ2) is 11.1. The SMILES string of the molecule is CNC(=O)OCCN1Cc2cc(OC(N)=O)ccc2C2(CCN(C3CCC(C(C)C)CC3)CC2)C1=O. The Morgan fingerprint density at radius 1 is 1.17 bits per heavy atom. The number of primary amides is 1. The zero-order chi connectivity index (χ0) is 25.9. The monoisotopic (exact) mass is 500 g/mol. The Kier molecular flexibility index (Phi) is 8.07. The lowest BCUT2D eigenvalue weighted by Gasteiger charge is -2.49. The zero-order valence-corrected chi connectivity index (χ0v) is 21.8. The number of ether oxygens (including phenoxy) is 2. The van der Waals surface area contributed by atoms with Crippen molar-refractivity contribution in [3.63, 3.8) is 0 Å². The van der Waals surface area contributed by atoms with Gasteiger partial charge in [-0.15, -0.1) is 0 Å². The number of fused-ring (bicyclic) bond motifs is 2. The lowest BCUT2D eigenvalue weighted by Crippen LogP contribution is -2.57. The van der Waals surface area contributed by atoms with Crippen molar-refractivity contribution in [2.24, 2.45) is 17.6 Å². The Balaban J connectivity index is 1.52. The summed E-state index contributed by atoms with van der Waals surface area (Å²) < 4.78 is 10.3. The van der Waals surface area contributed by atoms with E-state index in [2.05, 4.69) is 24.1 Å². The number of hydrogen-bond acceptors (Lipinski definition) is 6. The fourth-order valence-corrected chi connectivity index (χ4v) is 6.43. The molecule has 2 fully saturated rings.